The Morgan fingerprint density at radius 2 is 2.15 bits per heavy atom. The van der Waals surface area contributed by atoms with Gasteiger partial charge in [0.2, 0.25) is 5.54 Å². The molecule has 2 unspecified atom stereocenters. The molecule has 13 heavy (non-hydrogen) atoms. The Kier molecular flexibility index (Phi) is 3.80. The van der Waals surface area contributed by atoms with E-state index in [1.165, 1.54) is 6.92 Å². The lowest BCUT2D eigenvalue weighted by Crippen LogP contribution is -2.62. The summed E-state index contributed by atoms with van der Waals surface area (Å²) in [6.07, 6.45) is -2.13. The normalized spacial score (nSPS) is 17.2. The molecule has 0 fully saturated rings. The summed E-state index contributed by atoms with van der Waals surface area (Å²) in [5, 5.41) is 8.57. The molecule has 0 aromatic rings. The van der Waals surface area contributed by atoms with Crippen molar-refractivity contribution >= 4 is 11.9 Å². The third kappa shape index (κ3) is 1.95. The van der Waals surface area contributed by atoms with Gasteiger partial charge in [0, 0.05) is 0 Å². The summed E-state index contributed by atoms with van der Waals surface area (Å²) in [5.41, 5.74) is 2.51. The van der Waals surface area contributed by atoms with Crippen LogP contribution in [-0.2, 0) is 14.3 Å². The minimum absolute atomic E-state index is 0.169. The van der Waals surface area contributed by atoms with E-state index in [4.69, 9.17) is 10.8 Å². The standard InChI is InChI=1S/C7H12FNO4/c1-3-4(8)7(9,5(10)11)6(12)13-2/h4H,3,9H2,1-2H3,(H,10,11). The van der Waals surface area contributed by atoms with Crippen LogP contribution in [0.3, 0.4) is 0 Å². The number of esters is 1. The van der Waals surface area contributed by atoms with Crippen LogP contribution in [-0.4, -0.2) is 35.9 Å². The van der Waals surface area contributed by atoms with Gasteiger partial charge in [0.25, 0.3) is 0 Å². The van der Waals surface area contributed by atoms with Crippen molar-refractivity contribution < 1.29 is 23.8 Å². The zero-order chi connectivity index (χ0) is 10.6. The quantitative estimate of drug-likeness (QED) is 0.472. The van der Waals surface area contributed by atoms with E-state index < -0.39 is 23.6 Å². The molecule has 0 bridgehead atoms. The minimum Gasteiger partial charge on any atom is -0.479 e. The smallest absolute Gasteiger partial charge is 0.340 e. The summed E-state index contributed by atoms with van der Waals surface area (Å²) < 4.78 is 17.2. The maximum atomic E-state index is 13.1. The average molecular weight is 193 g/mol. The second-order valence-electron chi connectivity index (χ2n) is 2.54. The van der Waals surface area contributed by atoms with Crippen molar-refractivity contribution in [3.63, 3.8) is 0 Å². The zero-order valence-electron chi connectivity index (χ0n) is 7.41. The SMILES string of the molecule is CCC(F)C(N)(C(=O)O)C(=O)OC. The first-order valence-corrected chi connectivity index (χ1v) is 3.66. The Morgan fingerprint density at radius 1 is 1.69 bits per heavy atom. The van der Waals surface area contributed by atoms with Gasteiger partial charge < -0.3 is 15.6 Å². The number of carbonyl (C=O) groups excluding carboxylic acids is 1. The Morgan fingerprint density at radius 3 is 2.38 bits per heavy atom. The molecule has 5 nitrogen and oxygen atoms in total. The average Bonchev–Trinajstić information content (AvgIpc) is 2.13. The molecular formula is C7H12FNO4. The van der Waals surface area contributed by atoms with E-state index in [1.807, 2.05) is 0 Å². The molecule has 76 valence electrons. The molecule has 0 aliphatic rings. The highest BCUT2D eigenvalue weighted by Crippen LogP contribution is 2.16. The summed E-state index contributed by atoms with van der Waals surface area (Å²) >= 11 is 0. The Labute approximate surface area is 74.7 Å². The lowest BCUT2D eigenvalue weighted by molar-refractivity contribution is -0.162. The molecule has 0 heterocycles. The van der Waals surface area contributed by atoms with Gasteiger partial charge in [-0.25, -0.2) is 14.0 Å². The summed E-state index contributed by atoms with van der Waals surface area (Å²) in [4.78, 5) is 21.5. The Balaban J connectivity index is 4.94. The molecule has 0 saturated carbocycles. The van der Waals surface area contributed by atoms with Crippen molar-refractivity contribution in [2.75, 3.05) is 7.11 Å². The number of methoxy groups -OCH3 is 1. The van der Waals surface area contributed by atoms with Gasteiger partial charge in [-0.2, -0.15) is 0 Å². The molecule has 0 rings (SSSR count). The molecule has 3 N–H and O–H groups in total. The molecule has 0 aliphatic carbocycles. The van der Waals surface area contributed by atoms with Gasteiger partial charge in [0.15, 0.2) is 0 Å². The monoisotopic (exact) mass is 193 g/mol. The molecule has 0 radical (unpaired) electrons. The molecular weight excluding hydrogens is 181 g/mol. The van der Waals surface area contributed by atoms with E-state index in [2.05, 4.69) is 4.74 Å². The second-order valence-corrected chi connectivity index (χ2v) is 2.54. The largest absolute Gasteiger partial charge is 0.479 e. The highest BCUT2D eigenvalue weighted by molar-refractivity contribution is 6.04. The molecule has 0 aliphatic heterocycles. The van der Waals surface area contributed by atoms with Crippen LogP contribution in [0.4, 0.5) is 4.39 Å². The fourth-order valence-corrected chi connectivity index (χ4v) is 0.840. The van der Waals surface area contributed by atoms with Crippen LogP contribution in [0.25, 0.3) is 0 Å². The first-order valence-electron chi connectivity index (χ1n) is 3.66. The molecule has 0 amide bonds. The van der Waals surface area contributed by atoms with E-state index in [9.17, 15) is 14.0 Å². The van der Waals surface area contributed by atoms with Gasteiger partial charge in [-0.3, -0.25) is 0 Å². The third-order valence-corrected chi connectivity index (χ3v) is 1.73. The van der Waals surface area contributed by atoms with Gasteiger partial charge in [-0.05, 0) is 6.42 Å². The van der Waals surface area contributed by atoms with E-state index >= 15 is 0 Å². The van der Waals surface area contributed by atoms with Crippen molar-refractivity contribution in [2.24, 2.45) is 5.73 Å². The van der Waals surface area contributed by atoms with Crippen LogP contribution in [0.5, 0.6) is 0 Å². The topological polar surface area (TPSA) is 89.6 Å². The number of halogens is 1. The number of hydrogen-bond donors (Lipinski definition) is 2. The lowest BCUT2D eigenvalue weighted by atomic mass is 9.93. The summed E-state index contributed by atoms with van der Waals surface area (Å²) in [5.74, 6) is -3.01. The van der Waals surface area contributed by atoms with E-state index in [-0.39, 0.29) is 6.42 Å². The van der Waals surface area contributed by atoms with Gasteiger partial charge in [-0.15, -0.1) is 0 Å². The number of ether oxygens (including phenoxy) is 1. The number of carboxylic acid groups (broad SMARTS) is 1. The minimum atomic E-state index is -2.59. The van der Waals surface area contributed by atoms with E-state index in [1.54, 1.807) is 0 Å². The lowest BCUT2D eigenvalue weighted by Gasteiger charge is -2.24. The number of rotatable bonds is 4. The number of carbonyl (C=O) groups is 2. The highest BCUT2D eigenvalue weighted by atomic mass is 19.1. The number of alkyl halides is 1. The van der Waals surface area contributed by atoms with Crippen LogP contribution in [0.2, 0.25) is 0 Å². The molecule has 0 saturated heterocycles. The molecule has 2 atom stereocenters. The van der Waals surface area contributed by atoms with E-state index in [0.29, 0.717) is 0 Å². The van der Waals surface area contributed by atoms with Crippen molar-refractivity contribution in [2.45, 2.75) is 25.1 Å². The van der Waals surface area contributed by atoms with Gasteiger partial charge >= 0.3 is 11.9 Å². The third-order valence-electron chi connectivity index (χ3n) is 1.73. The van der Waals surface area contributed by atoms with Crippen LogP contribution in [0.15, 0.2) is 0 Å². The number of aliphatic carboxylic acids is 1. The van der Waals surface area contributed by atoms with Crippen molar-refractivity contribution in [3.8, 4) is 0 Å². The number of hydrogen-bond acceptors (Lipinski definition) is 4. The molecule has 0 spiro atoms. The summed E-state index contributed by atoms with van der Waals surface area (Å²) in [6, 6.07) is 0. The maximum Gasteiger partial charge on any atom is 0.340 e. The van der Waals surface area contributed by atoms with Crippen molar-refractivity contribution in [1.82, 2.24) is 0 Å². The predicted molar refractivity (Wildman–Crippen MR) is 41.8 cm³/mol. The zero-order valence-corrected chi connectivity index (χ0v) is 7.41. The first kappa shape index (κ1) is 11.8. The van der Waals surface area contributed by atoms with Crippen LogP contribution in [0, 0.1) is 0 Å². The maximum absolute atomic E-state index is 13.1. The summed E-state index contributed by atoms with van der Waals surface area (Å²) in [6.45, 7) is 1.39. The van der Waals surface area contributed by atoms with Gasteiger partial charge in [0.05, 0.1) is 7.11 Å². The molecule has 6 heteroatoms. The van der Waals surface area contributed by atoms with Crippen molar-refractivity contribution in [3.05, 3.63) is 0 Å². The molecule has 0 aromatic heterocycles. The van der Waals surface area contributed by atoms with Crippen molar-refractivity contribution in [1.29, 1.82) is 0 Å². The fourth-order valence-electron chi connectivity index (χ4n) is 0.840. The Bertz CT molecular complexity index is 221. The van der Waals surface area contributed by atoms with Crippen LogP contribution in [0.1, 0.15) is 13.3 Å². The predicted octanol–water partition coefficient (Wildman–Crippen LogP) is -0.310. The highest BCUT2D eigenvalue weighted by Gasteiger charge is 2.50. The number of nitrogens with two attached hydrogens (primary N) is 1. The van der Waals surface area contributed by atoms with E-state index in [0.717, 1.165) is 7.11 Å². The first-order chi connectivity index (χ1) is 5.91. The second kappa shape index (κ2) is 4.18. The van der Waals surface area contributed by atoms with Crippen LogP contribution < -0.4 is 5.73 Å². The fraction of sp³-hybridized carbons (Fsp3) is 0.714. The molecule has 0 aromatic carbocycles. The Hall–Kier alpha value is -1.17. The summed E-state index contributed by atoms with van der Waals surface area (Å²) in [7, 11) is 0.954. The number of carboxylic acids is 1. The van der Waals surface area contributed by atoms with Gasteiger partial charge in [0.1, 0.15) is 6.17 Å². The van der Waals surface area contributed by atoms with Gasteiger partial charge in [-0.1, -0.05) is 6.92 Å². The van der Waals surface area contributed by atoms with Crippen LogP contribution >= 0.6 is 0 Å².